The minimum absolute atomic E-state index is 0.107. The van der Waals surface area contributed by atoms with Gasteiger partial charge >= 0.3 is 17.9 Å². The second-order valence-electron chi connectivity index (χ2n) is 19.9. The Morgan fingerprint density at radius 2 is 0.519 bits per heavy atom. The average molecular weight is 1060 g/mol. The first-order valence-electron chi connectivity index (χ1n) is 31.0. The molecule has 0 fully saturated rings. The van der Waals surface area contributed by atoms with Crippen molar-refractivity contribution >= 4 is 17.9 Å². The normalized spacial score (nSPS) is 13.2. The topological polar surface area (TPSA) is 78.9 Å². The first-order valence-corrected chi connectivity index (χ1v) is 31.0. The van der Waals surface area contributed by atoms with E-state index >= 15 is 0 Å². The van der Waals surface area contributed by atoms with E-state index in [0.29, 0.717) is 19.3 Å². The number of carbonyl (C=O) groups is 3. The van der Waals surface area contributed by atoms with Gasteiger partial charge in [0, 0.05) is 19.3 Å². The van der Waals surface area contributed by atoms with Gasteiger partial charge in [-0.25, -0.2) is 0 Å². The molecule has 0 saturated carbocycles. The largest absolute Gasteiger partial charge is 0.462 e. The molecule has 0 radical (unpaired) electrons. The maximum absolute atomic E-state index is 12.8. The Labute approximate surface area is 473 Å². The first-order chi connectivity index (χ1) is 38.0. The summed E-state index contributed by atoms with van der Waals surface area (Å²) in [6, 6.07) is 0. The molecule has 1 unspecified atom stereocenters. The molecule has 0 aliphatic heterocycles. The Hall–Kier alpha value is -4.97. The third kappa shape index (κ3) is 61.8. The number of allylic oxidation sites excluding steroid dienone is 26. The van der Waals surface area contributed by atoms with Gasteiger partial charge < -0.3 is 14.2 Å². The van der Waals surface area contributed by atoms with Crippen LogP contribution in [0.3, 0.4) is 0 Å². The molecule has 0 rings (SSSR count). The molecule has 77 heavy (non-hydrogen) atoms. The smallest absolute Gasteiger partial charge is 0.306 e. The highest BCUT2D eigenvalue weighted by atomic mass is 16.6. The van der Waals surface area contributed by atoms with E-state index in [4.69, 9.17) is 14.2 Å². The molecular formula is C71H112O6. The predicted octanol–water partition coefficient (Wildman–Crippen LogP) is 21.3. The van der Waals surface area contributed by atoms with Crippen molar-refractivity contribution in [3.05, 3.63) is 158 Å². The third-order valence-electron chi connectivity index (χ3n) is 12.5. The molecule has 0 aromatic rings. The molecule has 432 valence electrons. The van der Waals surface area contributed by atoms with Crippen LogP contribution in [0.5, 0.6) is 0 Å². The molecule has 0 aliphatic carbocycles. The molecule has 0 bridgehead atoms. The Kier molecular flexibility index (Phi) is 59.5. The Morgan fingerprint density at radius 1 is 0.273 bits per heavy atom. The molecule has 0 heterocycles. The highest BCUT2D eigenvalue weighted by Gasteiger charge is 2.19. The lowest BCUT2D eigenvalue weighted by Gasteiger charge is -2.18. The van der Waals surface area contributed by atoms with Crippen molar-refractivity contribution in [3.63, 3.8) is 0 Å². The lowest BCUT2D eigenvalue weighted by Crippen LogP contribution is -2.30. The number of rotatable bonds is 54. The number of unbranched alkanes of at least 4 members (excludes halogenated alkanes) is 17. The van der Waals surface area contributed by atoms with Crippen LogP contribution in [0.15, 0.2) is 158 Å². The van der Waals surface area contributed by atoms with Crippen molar-refractivity contribution in [3.8, 4) is 0 Å². The number of ether oxygens (including phenoxy) is 3. The molecule has 1 atom stereocenters. The summed E-state index contributed by atoms with van der Waals surface area (Å²) in [6.07, 6.45) is 92.7. The minimum atomic E-state index is -0.815. The number of hydrogen-bond donors (Lipinski definition) is 0. The fourth-order valence-electron chi connectivity index (χ4n) is 7.96. The average Bonchev–Trinajstić information content (AvgIpc) is 3.43. The predicted molar refractivity (Wildman–Crippen MR) is 334 cm³/mol. The third-order valence-corrected chi connectivity index (χ3v) is 12.5. The van der Waals surface area contributed by atoms with Crippen LogP contribution in [-0.4, -0.2) is 37.2 Å². The molecular weight excluding hydrogens is 949 g/mol. The van der Waals surface area contributed by atoms with Crippen molar-refractivity contribution in [1.82, 2.24) is 0 Å². The van der Waals surface area contributed by atoms with E-state index in [-0.39, 0.29) is 37.5 Å². The number of carbonyl (C=O) groups excluding carboxylic acids is 3. The van der Waals surface area contributed by atoms with Gasteiger partial charge in [0.2, 0.25) is 0 Å². The summed E-state index contributed by atoms with van der Waals surface area (Å²) in [5, 5.41) is 0. The Bertz CT molecular complexity index is 1740. The molecule has 0 N–H and O–H groups in total. The van der Waals surface area contributed by atoms with Crippen LogP contribution in [0.25, 0.3) is 0 Å². The summed E-state index contributed by atoms with van der Waals surface area (Å²) in [5.41, 5.74) is 0. The zero-order chi connectivity index (χ0) is 55.7. The summed E-state index contributed by atoms with van der Waals surface area (Å²) in [4.78, 5) is 38.0. The molecule has 0 aromatic heterocycles. The Morgan fingerprint density at radius 3 is 0.831 bits per heavy atom. The van der Waals surface area contributed by atoms with Crippen LogP contribution in [0.2, 0.25) is 0 Å². The van der Waals surface area contributed by atoms with Gasteiger partial charge in [0.05, 0.1) is 0 Å². The summed E-state index contributed by atoms with van der Waals surface area (Å²) in [7, 11) is 0. The van der Waals surface area contributed by atoms with Gasteiger partial charge in [0.15, 0.2) is 6.10 Å². The fraction of sp³-hybridized carbons (Fsp3) is 0.592. The van der Waals surface area contributed by atoms with Crippen LogP contribution in [0.4, 0.5) is 0 Å². The van der Waals surface area contributed by atoms with Gasteiger partial charge in [-0.15, -0.1) is 0 Å². The summed E-state index contributed by atoms with van der Waals surface area (Å²) in [6.45, 7) is 6.31. The van der Waals surface area contributed by atoms with Crippen LogP contribution < -0.4 is 0 Å². The summed E-state index contributed by atoms with van der Waals surface area (Å²) < 4.78 is 16.8. The van der Waals surface area contributed by atoms with Crippen LogP contribution in [0.1, 0.15) is 252 Å². The van der Waals surface area contributed by atoms with Gasteiger partial charge in [-0.3, -0.25) is 14.4 Å². The highest BCUT2D eigenvalue weighted by Crippen LogP contribution is 2.14. The first kappa shape index (κ1) is 72.0. The van der Waals surface area contributed by atoms with Crippen molar-refractivity contribution in [2.75, 3.05) is 13.2 Å². The van der Waals surface area contributed by atoms with Gasteiger partial charge in [-0.1, -0.05) is 269 Å². The van der Waals surface area contributed by atoms with Crippen LogP contribution in [-0.2, 0) is 28.6 Å². The quantitative estimate of drug-likeness (QED) is 0.0261. The van der Waals surface area contributed by atoms with E-state index in [2.05, 4.69) is 179 Å². The molecule has 6 heteroatoms. The summed E-state index contributed by atoms with van der Waals surface area (Å²) >= 11 is 0. The molecule has 0 spiro atoms. The van der Waals surface area contributed by atoms with E-state index in [0.717, 1.165) is 135 Å². The van der Waals surface area contributed by atoms with Crippen molar-refractivity contribution in [2.24, 2.45) is 0 Å². The van der Waals surface area contributed by atoms with Crippen molar-refractivity contribution < 1.29 is 28.6 Å². The van der Waals surface area contributed by atoms with Crippen LogP contribution >= 0.6 is 0 Å². The summed E-state index contributed by atoms with van der Waals surface area (Å²) in [5.74, 6) is -0.984. The van der Waals surface area contributed by atoms with E-state index in [1.165, 1.54) is 70.6 Å². The van der Waals surface area contributed by atoms with E-state index < -0.39 is 6.10 Å². The maximum Gasteiger partial charge on any atom is 0.306 e. The van der Waals surface area contributed by atoms with Gasteiger partial charge in [-0.05, 0) is 122 Å². The molecule has 0 amide bonds. The van der Waals surface area contributed by atoms with Crippen molar-refractivity contribution in [2.45, 2.75) is 258 Å². The SMILES string of the molecule is CC/C=C\C/C=C\C/C=C\C/C=C\C/C=C\C/C=C\C/C=C\CCCC(=O)OC(COC(=O)CCCCCCCCC)COC(=O)CCCCCCCCCCCC/C=C\C/C=C\C/C=C\C/C=C\C/C=C\C/C=C\CC. The highest BCUT2D eigenvalue weighted by molar-refractivity contribution is 5.71. The fourth-order valence-corrected chi connectivity index (χ4v) is 7.96. The van der Waals surface area contributed by atoms with Crippen LogP contribution in [0, 0.1) is 0 Å². The zero-order valence-corrected chi connectivity index (χ0v) is 49.4. The second-order valence-corrected chi connectivity index (χ2v) is 19.9. The number of hydrogen-bond acceptors (Lipinski definition) is 6. The number of esters is 3. The maximum atomic E-state index is 12.8. The molecule has 0 aromatic carbocycles. The molecule has 0 aliphatic rings. The van der Waals surface area contributed by atoms with E-state index in [1.807, 2.05) is 0 Å². The van der Waals surface area contributed by atoms with E-state index in [1.54, 1.807) is 0 Å². The van der Waals surface area contributed by atoms with Gasteiger partial charge in [-0.2, -0.15) is 0 Å². The lowest BCUT2D eigenvalue weighted by atomic mass is 10.1. The van der Waals surface area contributed by atoms with Gasteiger partial charge in [0.25, 0.3) is 0 Å². The lowest BCUT2D eigenvalue weighted by molar-refractivity contribution is -0.167. The van der Waals surface area contributed by atoms with Gasteiger partial charge in [0.1, 0.15) is 13.2 Å². The minimum Gasteiger partial charge on any atom is -0.462 e. The second kappa shape index (κ2) is 63.6. The van der Waals surface area contributed by atoms with Crippen molar-refractivity contribution in [1.29, 1.82) is 0 Å². The van der Waals surface area contributed by atoms with E-state index in [9.17, 15) is 14.4 Å². The standard InChI is InChI=1S/C71H112O6/c1-4-7-10-13-16-18-20-22-24-26-28-30-32-33-34-35-36-37-39-40-42-44-46-48-50-52-55-58-61-64-70(73)76-67-68(66-75-69(72)63-60-57-54-15-12-9-6-3)77-71(74)65-62-59-56-53-51-49-47-45-43-41-38-31-29-27-25-23-21-19-17-14-11-8-5-2/h7-8,10-11,16-19,22-25,28-31,33-34,36-37,41,43,47,49,53,56,68H,4-6,9,12-15,20-21,26-27,32,35,38-40,42,44-46,48,50-52,54-55,57-67H2,1-3H3/b10-7-,11-8-,18-16-,19-17-,24-22-,25-23-,30-28-,31-29-,34-33-,37-36-,43-41-,49-47-,56-53-. The zero-order valence-electron chi connectivity index (χ0n) is 49.4. The molecule has 6 nitrogen and oxygen atoms in total. The Balaban J connectivity index is 4.28. The monoisotopic (exact) mass is 1060 g/mol. The molecule has 0 saturated heterocycles.